The molecule has 0 saturated heterocycles. The van der Waals surface area contributed by atoms with Gasteiger partial charge in [0.15, 0.2) is 0 Å². The maximum Gasteiger partial charge on any atom is 0.258 e. The van der Waals surface area contributed by atoms with Crippen LogP contribution in [0.2, 0.25) is 0 Å². The first-order valence-electron chi connectivity index (χ1n) is 9.98. The number of rotatable bonds is 5. The molecule has 1 N–H and O–H groups in total. The number of anilines is 1. The predicted molar refractivity (Wildman–Crippen MR) is 115 cm³/mol. The Morgan fingerprint density at radius 3 is 2.21 bits per heavy atom. The molecule has 28 heavy (non-hydrogen) atoms. The van der Waals surface area contributed by atoms with Crippen molar-refractivity contribution in [1.29, 1.82) is 0 Å². The van der Waals surface area contributed by atoms with Gasteiger partial charge in [-0.15, -0.1) is 0 Å². The molecule has 4 rings (SSSR count). The van der Waals surface area contributed by atoms with Crippen molar-refractivity contribution in [2.75, 3.05) is 11.9 Å². The average molecular weight is 370 g/mol. The second-order valence-electron chi connectivity index (χ2n) is 7.50. The van der Waals surface area contributed by atoms with Crippen molar-refractivity contribution < 1.29 is 4.79 Å². The van der Waals surface area contributed by atoms with Crippen LogP contribution in [-0.4, -0.2) is 17.4 Å². The van der Waals surface area contributed by atoms with Crippen LogP contribution in [0.25, 0.3) is 11.1 Å². The van der Waals surface area contributed by atoms with E-state index in [1.54, 1.807) is 0 Å². The van der Waals surface area contributed by atoms with Gasteiger partial charge in [0.1, 0.15) is 5.66 Å². The van der Waals surface area contributed by atoms with Gasteiger partial charge in [-0.3, -0.25) is 4.79 Å². The first-order chi connectivity index (χ1) is 13.6. The van der Waals surface area contributed by atoms with Gasteiger partial charge < -0.3 is 10.2 Å². The van der Waals surface area contributed by atoms with Crippen LogP contribution in [0.4, 0.5) is 5.69 Å². The molecule has 1 aliphatic rings. The van der Waals surface area contributed by atoms with Crippen LogP contribution in [0, 0.1) is 0 Å². The molecule has 0 radical (unpaired) electrons. The van der Waals surface area contributed by atoms with Crippen LogP contribution in [0.5, 0.6) is 0 Å². The number of carbonyl (C=O) groups is 1. The van der Waals surface area contributed by atoms with Gasteiger partial charge in [-0.2, -0.15) is 0 Å². The molecule has 1 heterocycles. The van der Waals surface area contributed by atoms with Gasteiger partial charge >= 0.3 is 0 Å². The molecule has 3 aromatic rings. The molecule has 1 aliphatic heterocycles. The van der Waals surface area contributed by atoms with Crippen molar-refractivity contribution in [3.63, 3.8) is 0 Å². The van der Waals surface area contributed by atoms with Crippen LogP contribution in [-0.2, 0) is 5.66 Å². The third kappa shape index (κ3) is 3.18. The van der Waals surface area contributed by atoms with Gasteiger partial charge in [0, 0.05) is 12.2 Å². The third-order valence-electron chi connectivity index (χ3n) is 5.61. The molecule has 0 aliphatic carbocycles. The molecule has 0 aromatic heterocycles. The average Bonchev–Trinajstić information content (AvgIpc) is 2.74. The summed E-state index contributed by atoms with van der Waals surface area (Å²) in [5.74, 6) is 0.0948. The molecule has 0 bridgehead atoms. The fraction of sp³-hybridized carbons (Fsp3) is 0.240. The number of para-hydroxylation sites is 1. The molecule has 0 fully saturated rings. The largest absolute Gasteiger partial charge is 0.358 e. The first kappa shape index (κ1) is 18.3. The Labute approximate surface area is 167 Å². The molecule has 3 heteroatoms. The SMILES string of the molecule is CCCCN1C(=O)c2ccccc2NC1(C)c1ccc(-c2ccccc2)cc1. The molecule has 1 amide bonds. The lowest BCUT2D eigenvalue weighted by molar-refractivity contribution is 0.0531. The van der Waals surface area contributed by atoms with E-state index in [1.807, 2.05) is 35.2 Å². The fourth-order valence-corrected chi connectivity index (χ4v) is 3.94. The van der Waals surface area contributed by atoms with Crippen molar-refractivity contribution in [3.8, 4) is 11.1 Å². The second kappa shape index (κ2) is 7.51. The summed E-state index contributed by atoms with van der Waals surface area (Å²) in [5, 5.41) is 3.64. The molecule has 3 nitrogen and oxygen atoms in total. The van der Waals surface area contributed by atoms with Crippen LogP contribution in [0.3, 0.4) is 0 Å². The zero-order valence-electron chi connectivity index (χ0n) is 16.5. The fourth-order valence-electron chi connectivity index (χ4n) is 3.94. The molecular formula is C25H26N2O. The number of hydrogen-bond donors (Lipinski definition) is 1. The highest BCUT2D eigenvalue weighted by atomic mass is 16.2. The van der Waals surface area contributed by atoms with Gasteiger partial charge in [0.2, 0.25) is 0 Å². The highest BCUT2D eigenvalue weighted by Gasteiger charge is 2.41. The maximum atomic E-state index is 13.3. The van der Waals surface area contributed by atoms with E-state index < -0.39 is 5.66 Å². The van der Waals surface area contributed by atoms with Crippen LogP contribution >= 0.6 is 0 Å². The molecular weight excluding hydrogens is 344 g/mol. The summed E-state index contributed by atoms with van der Waals surface area (Å²) in [6, 6.07) is 26.7. The summed E-state index contributed by atoms with van der Waals surface area (Å²) in [6.45, 7) is 4.99. The summed E-state index contributed by atoms with van der Waals surface area (Å²) < 4.78 is 0. The standard InChI is InChI=1S/C25H26N2O/c1-3-4-18-27-24(28)22-12-8-9-13-23(22)26-25(27,2)21-16-14-20(15-17-21)19-10-6-5-7-11-19/h5-17,26H,3-4,18H2,1-2H3. The van der Waals surface area contributed by atoms with Gasteiger partial charge in [0.25, 0.3) is 5.91 Å². The van der Waals surface area contributed by atoms with Gasteiger partial charge in [-0.25, -0.2) is 0 Å². The van der Waals surface area contributed by atoms with Crippen LogP contribution < -0.4 is 5.32 Å². The summed E-state index contributed by atoms with van der Waals surface area (Å²) >= 11 is 0. The van der Waals surface area contributed by atoms with Gasteiger partial charge in [0.05, 0.1) is 5.56 Å². The maximum absolute atomic E-state index is 13.3. The Balaban J connectivity index is 1.74. The second-order valence-corrected chi connectivity index (χ2v) is 7.50. The Kier molecular flexibility index (Phi) is 4.91. The lowest BCUT2D eigenvalue weighted by Crippen LogP contribution is -2.56. The van der Waals surface area contributed by atoms with E-state index in [9.17, 15) is 4.79 Å². The van der Waals surface area contributed by atoms with E-state index in [4.69, 9.17) is 0 Å². The molecule has 0 spiro atoms. The summed E-state index contributed by atoms with van der Waals surface area (Å²) in [4.78, 5) is 15.3. The van der Waals surface area contributed by atoms with Crippen LogP contribution in [0.15, 0.2) is 78.9 Å². The van der Waals surface area contributed by atoms with E-state index >= 15 is 0 Å². The molecule has 1 atom stereocenters. The van der Waals surface area contributed by atoms with E-state index in [0.29, 0.717) is 0 Å². The first-order valence-corrected chi connectivity index (χ1v) is 9.98. The van der Waals surface area contributed by atoms with Gasteiger partial charge in [-0.05, 0) is 42.2 Å². The lowest BCUT2D eigenvalue weighted by atomic mass is 9.92. The number of fused-ring (bicyclic) bond motifs is 1. The van der Waals surface area contributed by atoms with Gasteiger partial charge in [-0.1, -0.05) is 80.1 Å². The summed E-state index contributed by atoms with van der Waals surface area (Å²) in [5.41, 5.74) is 4.53. The van der Waals surface area contributed by atoms with Crippen molar-refractivity contribution >= 4 is 11.6 Å². The number of nitrogens with zero attached hydrogens (tertiary/aromatic N) is 1. The third-order valence-corrected chi connectivity index (χ3v) is 5.61. The number of nitrogens with one attached hydrogen (secondary N) is 1. The number of unbranched alkanes of at least 4 members (excludes halogenated alkanes) is 1. The summed E-state index contributed by atoms with van der Waals surface area (Å²) in [6.07, 6.45) is 2.03. The predicted octanol–water partition coefficient (Wildman–Crippen LogP) is 5.89. The highest BCUT2D eigenvalue weighted by Crippen LogP contribution is 2.38. The zero-order chi connectivity index (χ0) is 19.6. The van der Waals surface area contributed by atoms with Crippen molar-refractivity contribution in [2.45, 2.75) is 32.4 Å². The topological polar surface area (TPSA) is 32.3 Å². The van der Waals surface area contributed by atoms with Crippen LogP contribution in [0.1, 0.15) is 42.6 Å². The minimum absolute atomic E-state index is 0.0948. The number of benzene rings is 3. The molecule has 142 valence electrons. The molecule has 3 aromatic carbocycles. The summed E-state index contributed by atoms with van der Waals surface area (Å²) in [7, 11) is 0. The van der Waals surface area contributed by atoms with E-state index in [-0.39, 0.29) is 5.91 Å². The zero-order valence-corrected chi connectivity index (χ0v) is 16.5. The van der Waals surface area contributed by atoms with E-state index in [2.05, 4.69) is 67.7 Å². The number of hydrogen-bond acceptors (Lipinski definition) is 2. The van der Waals surface area contributed by atoms with E-state index in [0.717, 1.165) is 36.2 Å². The number of amides is 1. The Bertz CT molecular complexity index is 965. The Morgan fingerprint density at radius 2 is 1.50 bits per heavy atom. The van der Waals surface area contributed by atoms with E-state index in [1.165, 1.54) is 11.1 Å². The monoisotopic (exact) mass is 370 g/mol. The minimum atomic E-state index is -0.574. The minimum Gasteiger partial charge on any atom is -0.358 e. The number of carbonyl (C=O) groups excluding carboxylic acids is 1. The smallest absolute Gasteiger partial charge is 0.258 e. The quantitative estimate of drug-likeness (QED) is 0.607. The van der Waals surface area contributed by atoms with Crippen molar-refractivity contribution in [3.05, 3.63) is 90.0 Å². The normalized spacial score (nSPS) is 18.5. The Hall–Kier alpha value is -3.07. The highest BCUT2D eigenvalue weighted by molar-refractivity contribution is 6.02. The molecule has 0 saturated carbocycles. The van der Waals surface area contributed by atoms with Crippen molar-refractivity contribution in [1.82, 2.24) is 4.90 Å². The molecule has 1 unspecified atom stereocenters. The van der Waals surface area contributed by atoms with Crippen molar-refractivity contribution in [2.24, 2.45) is 0 Å². The Morgan fingerprint density at radius 1 is 0.857 bits per heavy atom. The lowest BCUT2D eigenvalue weighted by Gasteiger charge is -2.47.